The molecular weight excluding hydrogens is 232 g/mol. The molecule has 0 aromatic heterocycles. The van der Waals surface area contributed by atoms with Gasteiger partial charge in [0.1, 0.15) is 0 Å². The van der Waals surface area contributed by atoms with Gasteiger partial charge in [-0.3, -0.25) is 0 Å². The van der Waals surface area contributed by atoms with Crippen molar-refractivity contribution in [2.75, 3.05) is 0 Å². The Morgan fingerprint density at radius 2 is 0.909 bits per heavy atom. The van der Waals surface area contributed by atoms with Crippen LogP contribution in [0.2, 0.25) is 0 Å². The normalized spacial score (nSPS) is 7.64. The van der Waals surface area contributed by atoms with E-state index in [9.17, 15) is 0 Å². The van der Waals surface area contributed by atoms with E-state index in [-0.39, 0.29) is 75.5 Å². The summed E-state index contributed by atoms with van der Waals surface area (Å²) >= 11 is 0. The molecule has 7 nitrogen and oxygen atoms in total. The molecule has 0 radical (unpaired) electrons. The van der Waals surface area contributed by atoms with Gasteiger partial charge in [-0.2, -0.15) is 0 Å². The van der Waals surface area contributed by atoms with Crippen molar-refractivity contribution in [3.63, 3.8) is 0 Å². The zero-order chi connectivity index (χ0) is 8.08. The number of carbonyl (C=O) groups is 1. The Bertz CT molecular complexity index is 78.9. The Morgan fingerprint density at radius 1 is 0.909 bits per heavy atom. The molecule has 0 heterocycles. The first-order valence-corrected chi connectivity index (χ1v) is 3.33. The summed E-state index contributed by atoms with van der Waals surface area (Å²) in [6, 6.07) is 0. The maximum absolute atomic E-state index is 8.56. The van der Waals surface area contributed by atoms with Crippen molar-refractivity contribution >= 4 is 90.7 Å². The van der Waals surface area contributed by atoms with Gasteiger partial charge in [-0.1, -0.05) is 0 Å². The first kappa shape index (κ1) is 23.0. The van der Waals surface area contributed by atoms with Gasteiger partial charge in [0.05, 0.1) is 0 Å². The van der Waals surface area contributed by atoms with E-state index in [4.69, 9.17) is 34.2 Å². The monoisotopic (exact) mass is 242 g/mol. The topological polar surface area (TPSA) is 138 Å². The summed E-state index contributed by atoms with van der Waals surface area (Å²) in [6.07, 6.45) is -1.83. The minimum atomic E-state index is -4.61. The van der Waals surface area contributed by atoms with Gasteiger partial charge in [-0.15, -0.1) is 0 Å². The molecule has 0 rings (SSSR count). The van der Waals surface area contributed by atoms with Crippen LogP contribution in [-0.4, -0.2) is 120 Å². The van der Waals surface area contributed by atoms with Gasteiger partial charge >= 0.3 is 90.7 Å². The average molecular weight is 242 g/mol. The molecule has 0 aromatic rings. The van der Waals surface area contributed by atoms with Crippen molar-refractivity contribution in [3.05, 3.63) is 0 Å². The third-order valence-corrected chi connectivity index (χ3v) is 0. The molecule has 0 aromatic carbocycles. The number of hydrogen-bond acceptors (Lipinski definition) is 5. The van der Waals surface area contributed by atoms with E-state index >= 15 is 0 Å². The molecular formula is CH10Ca2O7Si. The van der Waals surface area contributed by atoms with Crippen molar-refractivity contribution < 1.29 is 34.2 Å². The molecule has 11 heavy (non-hydrogen) atoms. The number of carboxylic acid groups (broad SMARTS) is 2. The van der Waals surface area contributed by atoms with Gasteiger partial charge in [0.2, 0.25) is 0 Å². The van der Waals surface area contributed by atoms with Crippen molar-refractivity contribution in [2.24, 2.45) is 0 Å². The Kier molecular flexibility index (Phi) is 24.8. The first-order valence-electron chi connectivity index (χ1n) is 1.55. The minimum absolute atomic E-state index is 0. The van der Waals surface area contributed by atoms with E-state index in [0.29, 0.717) is 0 Å². The molecule has 0 unspecified atom stereocenters. The van der Waals surface area contributed by atoms with Crippen molar-refractivity contribution in [2.45, 2.75) is 0 Å². The van der Waals surface area contributed by atoms with Gasteiger partial charge in [-0.25, -0.2) is 4.79 Å². The Morgan fingerprint density at radius 3 is 0.909 bits per heavy atom. The van der Waals surface area contributed by atoms with Crippen LogP contribution in [0.3, 0.4) is 0 Å². The van der Waals surface area contributed by atoms with Crippen LogP contribution in [0.15, 0.2) is 0 Å². The van der Waals surface area contributed by atoms with Gasteiger partial charge < -0.3 is 29.4 Å². The van der Waals surface area contributed by atoms with Crippen molar-refractivity contribution in [1.82, 2.24) is 0 Å². The standard InChI is InChI=1S/CH2O3.2Ca.H4O4Si.4H/c2-1(3)4;;;1-5(2,3)4;;;;/h(H2,2,3,4);;;1-4H;;;;. The van der Waals surface area contributed by atoms with Gasteiger partial charge in [0, 0.05) is 0 Å². The summed E-state index contributed by atoms with van der Waals surface area (Å²) in [6.45, 7) is 0. The second kappa shape index (κ2) is 11.8. The van der Waals surface area contributed by atoms with Crippen LogP contribution in [0, 0.1) is 0 Å². The summed E-state index contributed by atoms with van der Waals surface area (Å²) in [7, 11) is -4.61. The van der Waals surface area contributed by atoms with Crippen LogP contribution in [-0.2, 0) is 0 Å². The van der Waals surface area contributed by atoms with Crippen LogP contribution in [0.4, 0.5) is 4.79 Å². The summed E-state index contributed by atoms with van der Waals surface area (Å²) < 4.78 is 0. The molecule has 0 saturated heterocycles. The number of rotatable bonds is 0. The van der Waals surface area contributed by atoms with E-state index in [1.165, 1.54) is 0 Å². The summed E-state index contributed by atoms with van der Waals surface area (Å²) in [5.74, 6) is 0. The summed E-state index contributed by atoms with van der Waals surface area (Å²) in [4.78, 5) is 37.9. The van der Waals surface area contributed by atoms with Crippen molar-refractivity contribution in [3.8, 4) is 0 Å². The predicted octanol–water partition coefficient (Wildman–Crippen LogP) is -4.22. The molecule has 10 heteroatoms. The number of hydrogen-bond donors (Lipinski definition) is 6. The molecule has 0 amide bonds. The quantitative estimate of drug-likeness (QED) is 0.237. The molecule has 0 aliphatic carbocycles. The fourth-order valence-electron chi connectivity index (χ4n) is 0. The van der Waals surface area contributed by atoms with Crippen LogP contribution >= 0.6 is 0 Å². The molecule has 0 spiro atoms. The first-order chi connectivity index (χ1) is 3.73. The van der Waals surface area contributed by atoms with Gasteiger partial charge in [0.25, 0.3) is 0 Å². The second-order valence-corrected chi connectivity index (χ2v) is 2.08. The fourth-order valence-corrected chi connectivity index (χ4v) is 0. The van der Waals surface area contributed by atoms with E-state index in [1.54, 1.807) is 0 Å². The van der Waals surface area contributed by atoms with Crippen LogP contribution in [0.5, 0.6) is 0 Å². The molecule has 64 valence electrons. The Balaban J connectivity index is -0.0000000383. The molecule has 0 aliphatic heterocycles. The zero-order valence-corrected chi connectivity index (χ0v) is 5.09. The molecule has 0 aliphatic rings. The molecule has 0 bridgehead atoms. The van der Waals surface area contributed by atoms with E-state index in [2.05, 4.69) is 0 Å². The summed E-state index contributed by atoms with van der Waals surface area (Å²) in [5.41, 5.74) is 0. The average Bonchev–Trinajstić information content (AvgIpc) is 1.19. The molecule has 0 saturated carbocycles. The van der Waals surface area contributed by atoms with E-state index < -0.39 is 15.2 Å². The molecule has 0 fully saturated rings. The molecule has 6 N–H and O–H groups in total. The fraction of sp³-hybridized carbons (Fsp3) is 0. The SMILES string of the molecule is O=C(O)O.O[Si](O)(O)O.[CaH2].[CaH2]. The second-order valence-electron chi connectivity index (χ2n) is 0.883. The third kappa shape index (κ3) is 337. The van der Waals surface area contributed by atoms with Crippen LogP contribution in [0.25, 0.3) is 0 Å². The third-order valence-electron chi connectivity index (χ3n) is 0. The molecule has 0 atom stereocenters. The predicted molar refractivity (Wildman–Crippen MR) is 42.4 cm³/mol. The summed E-state index contributed by atoms with van der Waals surface area (Å²) in [5, 5.41) is 13.9. The van der Waals surface area contributed by atoms with Gasteiger partial charge in [0.15, 0.2) is 0 Å². The zero-order valence-electron chi connectivity index (χ0n) is 4.09. The maximum atomic E-state index is 8.56. The van der Waals surface area contributed by atoms with Crippen molar-refractivity contribution in [1.29, 1.82) is 0 Å². The van der Waals surface area contributed by atoms with Crippen LogP contribution < -0.4 is 0 Å². The van der Waals surface area contributed by atoms with Gasteiger partial charge in [-0.05, 0) is 0 Å². The Hall–Kier alpha value is 1.85. The van der Waals surface area contributed by atoms with Crippen LogP contribution in [0.1, 0.15) is 0 Å². The van der Waals surface area contributed by atoms with E-state index in [1.807, 2.05) is 0 Å². The van der Waals surface area contributed by atoms with E-state index in [0.717, 1.165) is 0 Å². The Labute approximate surface area is 123 Å².